The lowest BCUT2D eigenvalue weighted by molar-refractivity contribution is -0.142. The van der Waals surface area contributed by atoms with Crippen LogP contribution in [-0.2, 0) is 9.53 Å². The molecule has 0 saturated carbocycles. The summed E-state index contributed by atoms with van der Waals surface area (Å²) in [4.78, 5) is 23.9. The minimum absolute atomic E-state index is 0.228. The molecule has 31 heavy (non-hydrogen) atoms. The molecule has 0 atom stereocenters. The summed E-state index contributed by atoms with van der Waals surface area (Å²) in [6.07, 6.45) is 2.42. The molecule has 0 aromatic heterocycles. The molecule has 1 amide bonds. The molecule has 0 aliphatic carbocycles. The van der Waals surface area contributed by atoms with Crippen molar-refractivity contribution in [3.05, 3.63) is 71.8 Å². The Kier molecular flexibility index (Phi) is 7.59. The van der Waals surface area contributed by atoms with Crippen LogP contribution in [0.4, 0.5) is 0 Å². The Morgan fingerprint density at radius 1 is 1.00 bits per heavy atom. The number of fused-ring (bicyclic) bond motifs is 1. The van der Waals surface area contributed by atoms with Crippen molar-refractivity contribution in [1.29, 1.82) is 0 Å². The number of amides is 1. The molecule has 0 spiro atoms. The van der Waals surface area contributed by atoms with E-state index in [-0.39, 0.29) is 12.5 Å². The predicted molar refractivity (Wildman–Crippen MR) is 119 cm³/mol. The molecule has 0 radical (unpaired) electrons. The maximum atomic E-state index is 12.4. The lowest BCUT2D eigenvalue weighted by Gasteiger charge is -2.11. The molecule has 7 heteroatoms. The fraction of sp³-hybridized carbons (Fsp3) is 0.208. The van der Waals surface area contributed by atoms with Gasteiger partial charge in [0.2, 0.25) is 0 Å². The number of nitrogens with zero attached hydrogens (tertiary/aromatic N) is 1. The number of carbonyl (C=O) groups is 2. The topological polar surface area (TPSA) is 86.2 Å². The molecule has 0 heterocycles. The van der Waals surface area contributed by atoms with Crippen molar-refractivity contribution in [3.63, 3.8) is 0 Å². The van der Waals surface area contributed by atoms with Crippen molar-refractivity contribution in [2.45, 2.75) is 13.3 Å². The van der Waals surface area contributed by atoms with Crippen LogP contribution in [0.3, 0.4) is 0 Å². The van der Waals surface area contributed by atoms with Crippen LogP contribution in [0.5, 0.6) is 11.5 Å². The number of nitrogens with one attached hydrogen (secondary N) is 1. The molecule has 160 valence electrons. The van der Waals surface area contributed by atoms with Gasteiger partial charge in [-0.15, -0.1) is 0 Å². The van der Waals surface area contributed by atoms with Crippen LogP contribution in [0, 0.1) is 0 Å². The van der Waals surface area contributed by atoms with Gasteiger partial charge >= 0.3 is 5.97 Å². The van der Waals surface area contributed by atoms with Gasteiger partial charge in [-0.05, 0) is 47.5 Å². The maximum absolute atomic E-state index is 12.4. The first-order valence-corrected chi connectivity index (χ1v) is 9.90. The van der Waals surface area contributed by atoms with Crippen LogP contribution in [0.15, 0.2) is 65.8 Å². The van der Waals surface area contributed by atoms with Crippen LogP contribution in [-0.4, -0.2) is 38.4 Å². The second-order valence-electron chi connectivity index (χ2n) is 6.64. The largest absolute Gasteiger partial charge is 0.494 e. The molecule has 3 aromatic rings. The summed E-state index contributed by atoms with van der Waals surface area (Å²) in [7, 11) is 1.30. The van der Waals surface area contributed by atoms with Gasteiger partial charge in [-0.2, -0.15) is 5.10 Å². The molecule has 0 unspecified atom stereocenters. The number of ether oxygens (including phenoxy) is 3. The fourth-order valence-corrected chi connectivity index (χ4v) is 2.87. The number of hydrazone groups is 1. The molecule has 3 rings (SSSR count). The van der Waals surface area contributed by atoms with Crippen molar-refractivity contribution in [1.82, 2.24) is 5.43 Å². The molecule has 3 aromatic carbocycles. The third kappa shape index (κ3) is 5.82. The van der Waals surface area contributed by atoms with Crippen LogP contribution in [0.2, 0.25) is 0 Å². The number of hydrogen-bond donors (Lipinski definition) is 1. The Morgan fingerprint density at radius 3 is 2.52 bits per heavy atom. The summed E-state index contributed by atoms with van der Waals surface area (Å²) >= 11 is 0. The summed E-state index contributed by atoms with van der Waals surface area (Å²) in [5.74, 6) is 0.329. The van der Waals surface area contributed by atoms with Gasteiger partial charge in [-0.3, -0.25) is 4.79 Å². The Hall–Kier alpha value is -3.87. The molecular weight excluding hydrogens is 396 g/mol. The summed E-state index contributed by atoms with van der Waals surface area (Å²) < 4.78 is 15.7. The van der Waals surface area contributed by atoms with E-state index in [1.54, 1.807) is 30.3 Å². The van der Waals surface area contributed by atoms with Crippen molar-refractivity contribution in [3.8, 4) is 11.5 Å². The third-order valence-electron chi connectivity index (χ3n) is 4.45. The maximum Gasteiger partial charge on any atom is 0.343 e. The Morgan fingerprint density at radius 2 is 1.77 bits per heavy atom. The number of esters is 1. The fourth-order valence-electron chi connectivity index (χ4n) is 2.87. The van der Waals surface area contributed by atoms with E-state index in [4.69, 9.17) is 9.47 Å². The predicted octanol–water partition coefficient (Wildman–Crippen LogP) is 3.94. The highest BCUT2D eigenvalue weighted by Crippen LogP contribution is 2.26. The van der Waals surface area contributed by atoms with Crippen LogP contribution >= 0.6 is 0 Å². The highest BCUT2D eigenvalue weighted by molar-refractivity contribution is 6.03. The molecule has 1 N–H and O–H groups in total. The van der Waals surface area contributed by atoms with Gasteiger partial charge in [0.25, 0.3) is 5.91 Å². The number of rotatable bonds is 9. The Labute approximate surface area is 180 Å². The number of benzene rings is 3. The molecule has 0 fully saturated rings. The van der Waals surface area contributed by atoms with Crippen LogP contribution < -0.4 is 14.9 Å². The van der Waals surface area contributed by atoms with Crippen molar-refractivity contribution >= 4 is 28.9 Å². The SMILES string of the molecule is CCCOc1ccc(C(=O)N/N=C/c2c(OCC(=O)OC)ccc3ccccc23)cc1. The van der Waals surface area contributed by atoms with Gasteiger partial charge in [0, 0.05) is 11.1 Å². The van der Waals surface area contributed by atoms with Crippen molar-refractivity contribution in [2.24, 2.45) is 5.10 Å². The third-order valence-corrected chi connectivity index (χ3v) is 4.45. The molecule has 7 nitrogen and oxygen atoms in total. The number of hydrogen-bond acceptors (Lipinski definition) is 6. The highest BCUT2D eigenvalue weighted by atomic mass is 16.6. The van der Waals surface area contributed by atoms with Crippen molar-refractivity contribution < 1.29 is 23.8 Å². The van der Waals surface area contributed by atoms with E-state index < -0.39 is 5.97 Å². The zero-order valence-electron chi connectivity index (χ0n) is 17.5. The first-order chi connectivity index (χ1) is 15.1. The van der Waals surface area contributed by atoms with E-state index in [0.29, 0.717) is 29.2 Å². The highest BCUT2D eigenvalue weighted by Gasteiger charge is 2.10. The lowest BCUT2D eigenvalue weighted by Crippen LogP contribution is -2.18. The minimum atomic E-state index is -0.490. The quantitative estimate of drug-likeness (QED) is 0.322. The monoisotopic (exact) mass is 420 g/mol. The van der Waals surface area contributed by atoms with E-state index in [1.807, 2.05) is 37.3 Å². The summed E-state index contributed by atoms with van der Waals surface area (Å²) in [6, 6.07) is 18.2. The molecule has 0 aliphatic rings. The number of carbonyl (C=O) groups excluding carboxylic acids is 2. The zero-order valence-corrected chi connectivity index (χ0v) is 17.5. The first kappa shape index (κ1) is 21.8. The van der Waals surface area contributed by atoms with Crippen LogP contribution in [0.25, 0.3) is 10.8 Å². The van der Waals surface area contributed by atoms with Gasteiger partial charge in [0.05, 0.1) is 19.9 Å². The standard InChI is InChI=1S/C24H24N2O5/c1-3-14-30-19-11-8-18(9-12-19)24(28)26-25-15-21-20-7-5-4-6-17(20)10-13-22(21)31-16-23(27)29-2/h4-13,15H,3,14,16H2,1-2H3,(H,26,28)/b25-15+. The molecule has 0 aliphatic heterocycles. The second kappa shape index (κ2) is 10.8. The lowest BCUT2D eigenvalue weighted by atomic mass is 10.0. The average molecular weight is 420 g/mol. The van der Waals surface area contributed by atoms with E-state index in [1.165, 1.54) is 13.3 Å². The minimum Gasteiger partial charge on any atom is -0.494 e. The van der Waals surface area contributed by atoms with Gasteiger partial charge in [0.15, 0.2) is 6.61 Å². The zero-order chi connectivity index (χ0) is 22.1. The van der Waals surface area contributed by atoms with Crippen LogP contribution in [0.1, 0.15) is 29.3 Å². The van der Waals surface area contributed by atoms with E-state index in [2.05, 4.69) is 15.3 Å². The normalized spacial score (nSPS) is 10.8. The molecule has 0 saturated heterocycles. The summed E-state index contributed by atoms with van der Waals surface area (Å²) in [5, 5.41) is 5.95. The van der Waals surface area contributed by atoms with E-state index >= 15 is 0 Å². The first-order valence-electron chi connectivity index (χ1n) is 9.90. The summed E-state index contributed by atoms with van der Waals surface area (Å²) in [6.45, 7) is 2.43. The van der Waals surface area contributed by atoms with Crippen molar-refractivity contribution in [2.75, 3.05) is 20.3 Å². The van der Waals surface area contributed by atoms with Gasteiger partial charge in [-0.1, -0.05) is 37.3 Å². The van der Waals surface area contributed by atoms with Gasteiger partial charge in [-0.25, -0.2) is 10.2 Å². The summed E-state index contributed by atoms with van der Waals surface area (Å²) in [5.41, 5.74) is 3.62. The Balaban J connectivity index is 1.76. The van der Waals surface area contributed by atoms with Gasteiger partial charge in [0.1, 0.15) is 11.5 Å². The smallest absolute Gasteiger partial charge is 0.343 e. The van der Waals surface area contributed by atoms with E-state index in [9.17, 15) is 9.59 Å². The number of methoxy groups -OCH3 is 1. The van der Waals surface area contributed by atoms with Gasteiger partial charge < -0.3 is 14.2 Å². The Bertz CT molecular complexity index is 1080. The second-order valence-corrected chi connectivity index (χ2v) is 6.64. The molecule has 0 bridgehead atoms. The molecular formula is C24H24N2O5. The average Bonchev–Trinajstić information content (AvgIpc) is 2.81. The van der Waals surface area contributed by atoms with E-state index in [0.717, 1.165) is 17.2 Å².